The second kappa shape index (κ2) is 10.3. The van der Waals surface area contributed by atoms with Gasteiger partial charge in [0.05, 0.1) is 42.7 Å². The summed E-state index contributed by atoms with van der Waals surface area (Å²) in [6.45, 7) is 0. The minimum atomic E-state index is -0.0109. The van der Waals surface area contributed by atoms with E-state index in [1.807, 2.05) is 36.4 Å². The monoisotopic (exact) mass is 538 g/mol. The topological polar surface area (TPSA) is 55.4 Å². The molecule has 0 saturated carbocycles. The summed E-state index contributed by atoms with van der Waals surface area (Å²) in [5.41, 5.74) is 7.17. The molecule has 6 heteroatoms. The predicted octanol–water partition coefficient (Wildman–Crippen LogP) is 6.90. The van der Waals surface area contributed by atoms with Gasteiger partial charge in [-0.2, -0.15) is 0 Å². The Morgan fingerprint density at radius 3 is 1.32 bits per heavy atom. The first-order valence-electron chi connectivity index (χ1n) is 13.4. The van der Waals surface area contributed by atoms with Crippen molar-refractivity contribution in [3.05, 3.63) is 106 Å². The molecule has 0 heterocycles. The lowest BCUT2D eigenvalue weighted by Gasteiger charge is -2.40. The standard InChI is InChI=1S/C34H34O6/c1-35-21-11-7-19(8-12-21)29-31-25(15-23(37-3)17-27(31)39-5)34-30(20-9-13-22(36-2)14-10-20)33(29)26-16-24(38-4)18-28(40-6)32(26)34/h7-18,29-30,33-34H,1-6H3/t29-,30+,33+,34-/m0/s1. The van der Waals surface area contributed by atoms with Crippen molar-refractivity contribution in [1.29, 1.82) is 0 Å². The highest BCUT2D eigenvalue weighted by Crippen LogP contribution is 2.69. The number of methoxy groups -OCH3 is 6. The second-order valence-corrected chi connectivity index (χ2v) is 10.2. The molecule has 0 fully saturated rings. The minimum absolute atomic E-state index is 0.0109. The maximum atomic E-state index is 6.07. The Balaban J connectivity index is 1.71. The van der Waals surface area contributed by atoms with Gasteiger partial charge in [-0.3, -0.25) is 0 Å². The smallest absolute Gasteiger partial charge is 0.126 e. The quantitative estimate of drug-likeness (QED) is 0.243. The first kappa shape index (κ1) is 25.9. The molecule has 0 N–H and O–H groups in total. The van der Waals surface area contributed by atoms with Gasteiger partial charge >= 0.3 is 0 Å². The van der Waals surface area contributed by atoms with E-state index in [0.29, 0.717) is 0 Å². The zero-order chi connectivity index (χ0) is 28.0. The fourth-order valence-corrected chi connectivity index (χ4v) is 6.92. The van der Waals surface area contributed by atoms with Crippen LogP contribution in [0.3, 0.4) is 0 Å². The summed E-state index contributed by atoms with van der Waals surface area (Å²) in [5, 5.41) is 0. The summed E-state index contributed by atoms with van der Waals surface area (Å²) in [7, 11) is 10.2. The van der Waals surface area contributed by atoms with Crippen LogP contribution in [-0.2, 0) is 0 Å². The molecule has 40 heavy (non-hydrogen) atoms. The zero-order valence-corrected chi connectivity index (χ0v) is 23.7. The van der Waals surface area contributed by atoms with Crippen molar-refractivity contribution >= 4 is 0 Å². The summed E-state index contributed by atoms with van der Waals surface area (Å²) in [5.74, 6) is 5.04. The summed E-state index contributed by atoms with van der Waals surface area (Å²) in [4.78, 5) is 0. The van der Waals surface area contributed by atoms with E-state index in [1.165, 1.54) is 33.4 Å². The number of benzene rings is 4. The van der Waals surface area contributed by atoms with Gasteiger partial charge in [0.25, 0.3) is 0 Å². The lowest BCUT2D eigenvalue weighted by molar-refractivity contribution is 0.372. The van der Waals surface area contributed by atoms with Crippen LogP contribution >= 0.6 is 0 Å². The highest BCUT2D eigenvalue weighted by Gasteiger charge is 2.54. The van der Waals surface area contributed by atoms with E-state index in [-0.39, 0.29) is 23.7 Å². The van der Waals surface area contributed by atoms with E-state index in [2.05, 4.69) is 36.4 Å². The average Bonchev–Trinajstić information content (AvgIpc) is 3.29. The van der Waals surface area contributed by atoms with Crippen LogP contribution in [0.1, 0.15) is 57.1 Å². The number of rotatable bonds is 8. The Morgan fingerprint density at radius 2 is 0.850 bits per heavy atom. The van der Waals surface area contributed by atoms with Gasteiger partial charge in [0.1, 0.15) is 34.5 Å². The number of fused-ring (bicyclic) bond motifs is 7. The van der Waals surface area contributed by atoms with Crippen molar-refractivity contribution in [3.63, 3.8) is 0 Å². The number of hydrogen-bond acceptors (Lipinski definition) is 6. The average molecular weight is 539 g/mol. The SMILES string of the molecule is COc1ccc([C@H]2c3c(OC)cc(OC)cc3[C@@H]3c4c(OC)cc(OC)cc4[C@H]2[C@H]3c2ccc(OC)cc2)cc1. The third kappa shape index (κ3) is 3.93. The Morgan fingerprint density at radius 1 is 0.400 bits per heavy atom. The molecule has 0 radical (unpaired) electrons. The normalized spacial score (nSPS) is 20.2. The van der Waals surface area contributed by atoms with Crippen LogP contribution in [0.2, 0.25) is 0 Å². The van der Waals surface area contributed by atoms with Gasteiger partial charge < -0.3 is 28.4 Å². The van der Waals surface area contributed by atoms with E-state index in [0.717, 1.165) is 34.5 Å². The van der Waals surface area contributed by atoms with Crippen LogP contribution in [0.25, 0.3) is 0 Å². The third-order valence-corrected chi connectivity index (χ3v) is 8.60. The largest absolute Gasteiger partial charge is 0.497 e. The highest BCUT2D eigenvalue weighted by molar-refractivity contribution is 5.69. The van der Waals surface area contributed by atoms with Crippen LogP contribution in [0.15, 0.2) is 72.8 Å². The van der Waals surface area contributed by atoms with E-state index < -0.39 is 0 Å². The molecule has 4 aromatic rings. The van der Waals surface area contributed by atoms with Crippen LogP contribution < -0.4 is 28.4 Å². The lowest BCUT2D eigenvalue weighted by Crippen LogP contribution is -2.26. The number of ether oxygens (including phenoxy) is 6. The molecule has 0 amide bonds. The van der Waals surface area contributed by atoms with E-state index in [1.54, 1.807) is 42.7 Å². The van der Waals surface area contributed by atoms with Gasteiger partial charge in [-0.05, 0) is 58.7 Å². The van der Waals surface area contributed by atoms with Gasteiger partial charge in [0.15, 0.2) is 0 Å². The van der Waals surface area contributed by atoms with Gasteiger partial charge in [0, 0.05) is 46.9 Å². The molecule has 2 aliphatic carbocycles. The van der Waals surface area contributed by atoms with Crippen molar-refractivity contribution in [2.75, 3.05) is 42.7 Å². The molecule has 0 spiro atoms. The predicted molar refractivity (Wildman–Crippen MR) is 154 cm³/mol. The van der Waals surface area contributed by atoms with Gasteiger partial charge in [-0.15, -0.1) is 0 Å². The van der Waals surface area contributed by atoms with E-state index >= 15 is 0 Å². The van der Waals surface area contributed by atoms with Crippen LogP contribution in [0.5, 0.6) is 34.5 Å². The Bertz CT molecular complexity index is 1530. The lowest BCUT2D eigenvalue weighted by atomic mass is 9.63. The first-order valence-corrected chi connectivity index (χ1v) is 13.4. The molecule has 0 aromatic heterocycles. The van der Waals surface area contributed by atoms with Crippen LogP contribution in [-0.4, -0.2) is 42.7 Å². The fourth-order valence-electron chi connectivity index (χ4n) is 6.92. The molecule has 6 rings (SSSR count). The van der Waals surface area contributed by atoms with Gasteiger partial charge in [0.2, 0.25) is 0 Å². The third-order valence-electron chi connectivity index (χ3n) is 8.60. The summed E-state index contributed by atoms with van der Waals surface area (Å²) in [6.07, 6.45) is 0. The molecule has 2 bridgehead atoms. The van der Waals surface area contributed by atoms with Crippen molar-refractivity contribution < 1.29 is 28.4 Å². The Hall–Kier alpha value is -4.32. The van der Waals surface area contributed by atoms with Crippen molar-refractivity contribution in [1.82, 2.24) is 0 Å². The molecule has 206 valence electrons. The molecular formula is C34H34O6. The zero-order valence-electron chi connectivity index (χ0n) is 23.7. The fraction of sp³-hybridized carbons (Fsp3) is 0.294. The summed E-state index contributed by atoms with van der Waals surface area (Å²) >= 11 is 0. The number of hydrogen-bond donors (Lipinski definition) is 0. The maximum absolute atomic E-state index is 6.07. The molecule has 0 saturated heterocycles. The summed E-state index contributed by atoms with van der Waals surface area (Å²) in [6, 6.07) is 25.2. The summed E-state index contributed by atoms with van der Waals surface area (Å²) < 4.78 is 34.7. The van der Waals surface area contributed by atoms with Crippen molar-refractivity contribution in [2.45, 2.75) is 23.7 Å². The highest BCUT2D eigenvalue weighted by atomic mass is 16.5. The van der Waals surface area contributed by atoms with E-state index in [9.17, 15) is 0 Å². The molecule has 0 unspecified atom stereocenters. The maximum Gasteiger partial charge on any atom is 0.126 e. The first-order chi connectivity index (χ1) is 19.6. The molecule has 4 atom stereocenters. The van der Waals surface area contributed by atoms with Crippen LogP contribution in [0, 0.1) is 0 Å². The molecule has 6 nitrogen and oxygen atoms in total. The molecule has 4 aromatic carbocycles. The molecular weight excluding hydrogens is 504 g/mol. The molecule has 0 aliphatic heterocycles. The van der Waals surface area contributed by atoms with Crippen molar-refractivity contribution in [2.24, 2.45) is 0 Å². The Labute approximate surface area is 235 Å². The van der Waals surface area contributed by atoms with Crippen molar-refractivity contribution in [3.8, 4) is 34.5 Å². The second-order valence-electron chi connectivity index (χ2n) is 10.2. The van der Waals surface area contributed by atoms with Crippen LogP contribution in [0.4, 0.5) is 0 Å². The molecule has 2 aliphatic rings. The Kier molecular flexibility index (Phi) is 6.70. The minimum Gasteiger partial charge on any atom is -0.497 e. The van der Waals surface area contributed by atoms with E-state index in [4.69, 9.17) is 28.4 Å². The van der Waals surface area contributed by atoms with Gasteiger partial charge in [-0.25, -0.2) is 0 Å². The van der Waals surface area contributed by atoms with Gasteiger partial charge in [-0.1, -0.05) is 24.3 Å².